The smallest absolute Gasteiger partial charge is 0.0855 e. The molecule has 0 aromatic carbocycles. The first-order chi connectivity index (χ1) is 8.00. The summed E-state index contributed by atoms with van der Waals surface area (Å²) in [5, 5.41) is 12.8. The standard InChI is InChI=1S/C11H22O5/c1-2-4-6-8-10-12-14-16-15-13-11-9-7-5-3-1/h1-11H2. The molecule has 1 heterocycles. The topological polar surface area (TPSA) is 46.2 Å². The van der Waals surface area contributed by atoms with Crippen molar-refractivity contribution >= 4 is 0 Å². The van der Waals surface area contributed by atoms with Crippen LogP contribution in [0.1, 0.15) is 57.8 Å². The minimum absolute atomic E-state index is 0.517. The van der Waals surface area contributed by atoms with Crippen LogP contribution in [-0.2, 0) is 24.9 Å². The predicted octanol–water partition coefficient (Wildman–Crippen LogP) is 3.25. The highest BCUT2D eigenvalue weighted by Gasteiger charge is 1.97. The van der Waals surface area contributed by atoms with Gasteiger partial charge in [0.25, 0.3) is 0 Å². The zero-order chi connectivity index (χ0) is 11.3. The van der Waals surface area contributed by atoms with E-state index < -0.39 is 0 Å². The van der Waals surface area contributed by atoms with Crippen LogP contribution in [0.2, 0.25) is 0 Å². The third kappa shape index (κ3) is 9.06. The van der Waals surface area contributed by atoms with Gasteiger partial charge in [-0.25, -0.2) is 9.78 Å². The Morgan fingerprint density at radius 1 is 0.375 bits per heavy atom. The van der Waals surface area contributed by atoms with Crippen molar-refractivity contribution in [2.45, 2.75) is 57.8 Å². The quantitative estimate of drug-likeness (QED) is 0.602. The molecule has 0 bridgehead atoms. The van der Waals surface area contributed by atoms with Crippen molar-refractivity contribution in [3.8, 4) is 0 Å². The fourth-order valence-electron chi connectivity index (χ4n) is 1.68. The van der Waals surface area contributed by atoms with Crippen LogP contribution >= 0.6 is 0 Å². The van der Waals surface area contributed by atoms with Gasteiger partial charge in [-0.2, -0.15) is 0 Å². The molecule has 1 fully saturated rings. The Balaban J connectivity index is 2.00. The summed E-state index contributed by atoms with van der Waals surface area (Å²) in [5.74, 6) is 0. The second-order valence-electron chi connectivity index (χ2n) is 4.03. The largest absolute Gasteiger partial charge is 0.204 e. The van der Waals surface area contributed by atoms with Crippen LogP contribution in [0.5, 0.6) is 0 Å². The maximum atomic E-state index is 4.71. The third-order valence-corrected chi connectivity index (χ3v) is 2.61. The molecule has 5 heteroatoms. The molecule has 0 aromatic heterocycles. The number of hydrogen-bond acceptors (Lipinski definition) is 5. The van der Waals surface area contributed by atoms with Crippen molar-refractivity contribution < 1.29 is 24.9 Å². The summed E-state index contributed by atoms with van der Waals surface area (Å²) in [6, 6.07) is 0. The summed E-state index contributed by atoms with van der Waals surface area (Å²) in [5.41, 5.74) is 0. The van der Waals surface area contributed by atoms with Gasteiger partial charge >= 0.3 is 0 Å². The van der Waals surface area contributed by atoms with Crippen LogP contribution in [0.25, 0.3) is 0 Å². The third-order valence-electron chi connectivity index (χ3n) is 2.61. The fourth-order valence-corrected chi connectivity index (χ4v) is 1.68. The second kappa shape index (κ2) is 11.3. The highest BCUT2D eigenvalue weighted by atomic mass is 17.8. The average Bonchev–Trinajstić information content (AvgIpc) is 2.29. The van der Waals surface area contributed by atoms with Gasteiger partial charge in [-0.3, -0.25) is 0 Å². The lowest BCUT2D eigenvalue weighted by Gasteiger charge is -2.05. The zero-order valence-electron chi connectivity index (χ0n) is 9.82. The SMILES string of the molecule is C1CCCCCOOOOOCCCCC1. The van der Waals surface area contributed by atoms with Gasteiger partial charge < -0.3 is 0 Å². The van der Waals surface area contributed by atoms with Crippen LogP contribution in [-0.4, -0.2) is 13.2 Å². The first-order valence-electron chi connectivity index (χ1n) is 6.24. The molecule has 0 N–H and O–H groups in total. The Kier molecular flexibility index (Phi) is 9.78. The molecule has 1 aliphatic heterocycles. The molecule has 0 spiro atoms. The van der Waals surface area contributed by atoms with E-state index in [0.29, 0.717) is 13.2 Å². The average molecular weight is 234 g/mol. The van der Waals surface area contributed by atoms with E-state index in [-0.39, 0.29) is 0 Å². The number of rotatable bonds is 0. The van der Waals surface area contributed by atoms with Gasteiger partial charge in [0.1, 0.15) is 0 Å². The van der Waals surface area contributed by atoms with Gasteiger partial charge in [-0.05, 0) is 28.0 Å². The Labute approximate surface area is 96.7 Å². The zero-order valence-corrected chi connectivity index (χ0v) is 9.82. The maximum absolute atomic E-state index is 4.71. The van der Waals surface area contributed by atoms with Gasteiger partial charge in [-0.15, -0.1) is 0 Å². The first kappa shape index (κ1) is 13.9. The summed E-state index contributed by atoms with van der Waals surface area (Å²) in [7, 11) is 0. The highest BCUT2D eigenvalue weighted by molar-refractivity contribution is 4.47. The van der Waals surface area contributed by atoms with E-state index >= 15 is 0 Å². The summed E-state index contributed by atoms with van der Waals surface area (Å²) in [4.78, 5) is 9.41. The van der Waals surface area contributed by atoms with E-state index in [1.54, 1.807) is 0 Å². The van der Waals surface area contributed by atoms with Gasteiger partial charge in [-0.1, -0.05) is 44.9 Å². The Hall–Kier alpha value is -0.200. The molecule has 0 saturated carbocycles. The molecular formula is C11H22O5. The van der Waals surface area contributed by atoms with Crippen LogP contribution in [0.15, 0.2) is 0 Å². The van der Waals surface area contributed by atoms with E-state index in [1.807, 2.05) is 0 Å². The van der Waals surface area contributed by atoms with E-state index in [4.69, 9.17) is 9.78 Å². The Bertz CT molecular complexity index is 78.3. The molecule has 0 atom stereocenters. The van der Waals surface area contributed by atoms with Crippen molar-refractivity contribution in [1.29, 1.82) is 0 Å². The molecule has 96 valence electrons. The van der Waals surface area contributed by atoms with Crippen LogP contribution in [0.3, 0.4) is 0 Å². The summed E-state index contributed by atoms with van der Waals surface area (Å²) in [6.07, 6.45) is 10.8. The fraction of sp³-hybridized carbons (Fsp3) is 1.00. The molecule has 0 aliphatic carbocycles. The van der Waals surface area contributed by atoms with Crippen molar-refractivity contribution in [2.24, 2.45) is 0 Å². The highest BCUT2D eigenvalue weighted by Crippen LogP contribution is 2.10. The van der Waals surface area contributed by atoms with Crippen molar-refractivity contribution in [2.75, 3.05) is 13.2 Å². The van der Waals surface area contributed by atoms with Crippen LogP contribution in [0.4, 0.5) is 0 Å². The summed E-state index contributed by atoms with van der Waals surface area (Å²) >= 11 is 0. The lowest BCUT2D eigenvalue weighted by molar-refractivity contribution is -0.708. The predicted molar refractivity (Wildman–Crippen MR) is 56.7 cm³/mol. The van der Waals surface area contributed by atoms with Crippen molar-refractivity contribution in [3.05, 3.63) is 0 Å². The maximum Gasteiger partial charge on any atom is 0.0855 e. The van der Waals surface area contributed by atoms with Gasteiger partial charge in [0.15, 0.2) is 0 Å². The Morgan fingerprint density at radius 2 is 0.750 bits per heavy atom. The molecule has 1 aliphatic rings. The minimum Gasteiger partial charge on any atom is -0.204 e. The molecule has 0 aromatic rings. The minimum atomic E-state index is 0.517. The molecule has 0 unspecified atom stereocenters. The molecule has 0 amide bonds. The molecule has 16 heavy (non-hydrogen) atoms. The molecular weight excluding hydrogens is 212 g/mol. The van der Waals surface area contributed by atoms with Crippen molar-refractivity contribution in [1.82, 2.24) is 0 Å². The Morgan fingerprint density at radius 3 is 1.19 bits per heavy atom. The molecule has 1 rings (SSSR count). The first-order valence-corrected chi connectivity index (χ1v) is 6.24. The monoisotopic (exact) mass is 234 g/mol. The molecule has 1 saturated heterocycles. The van der Waals surface area contributed by atoms with E-state index in [1.165, 1.54) is 44.9 Å². The van der Waals surface area contributed by atoms with Gasteiger partial charge in [0, 0.05) is 0 Å². The lowest BCUT2D eigenvalue weighted by Crippen LogP contribution is -2.02. The number of hydrogen-bond donors (Lipinski definition) is 0. The van der Waals surface area contributed by atoms with E-state index in [9.17, 15) is 0 Å². The van der Waals surface area contributed by atoms with Gasteiger partial charge in [0.05, 0.1) is 13.2 Å². The normalized spacial score (nSPS) is 24.0. The summed E-state index contributed by atoms with van der Waals surface area (Å²) in [6.45, 7) is 1.03. The lowest BCUT2D eigenvalue weighted by atomic mass is 10.1. The van der Waals surface area contributed by atoms with E-state index in [0.717, 1.165) is 12.8 Å². The van der Waals surface area contributed by atoms with Crippen LogP contribution < -0.4 is 0 Å². The second-order valence-corrected chi connectivity index (χ2v) is 4.03. The summed E-state index contributed by atoms with van der Waals surface area (Å²) < 4.78 is 0. The van der Waals surface area contributed by atoms with Crippen LogP contribution in [0, 0.1) is 0 Å². The molecule has 0 radical (unpaired) electrons. The van der Waals surface area contributed by atoms with Crippen molar-refractivity contribution in [3.63, 3.8) is 0 Å². The van der Waals surface area contributed by atoms with E-state index in [2.05, 4.69) is 15.1 Å². The van der Waals surface area contributed by atoms with Gasteiger partial charge in [0.2, 0.25) is 0 Å². The molecule has 5 nitrogen and oxygen atoms in total.